The SMILES string of the molecule is CNC(=O)C1COCCN1c1nc(NN)nc2[nH]ncc12. The lowest BCUT2D eigenvalue weighted by Gasteiger charge is -2.35. The van der Waals surface area contributed by atoms with E-state index in [0.29, 0.717) is 31.2 Å². The molecule has 2 aromatic rings. The molecule has 1 atom stereocenters. The molecule has 21 heavy (non-hydrogen) atoms. The zero-order valence-corrected chi connectivity index (χ0v) is 11.5. The van der Waals surface area contributed by atoms with E-state index in [2.05, 4.69) is 30.9 Å². The van der Waals surface area contributed by atoms with Gasteiger partial charge in [-0.05, 0) is 0 Å². The summed E-state index contributed by atoms with van der Waals surface area (Å²) in [5, 5.41) is 10.1. The van der Waals surface area contributed by atoms with E-state index in [4.69, 9.17) is 10.6 Å². The lowest BCUT2D eigenvalue weighted by atomic mass is 10.2. The number of nitrogens with one attached hydrogen (secondary N) is 3. The highest BCUT2D eigenvalue weighted by Crippen LogP contribution is 2.26. The lowest BCUT2D eigenvalue weighted by molar-refractivity contribution is -0.124. The molecule has 0 aromatic carbocycles. The number of morpholine rings is 1. The maximum atomic E-state index is 12.0. The molecule has 1 unspecified atom stereocenters. The molecule has 10 nitrogen and oxygen atoms in total. The van der Waals surface area contributed by atoms with Crippen LogP contribution in [-0.4, -0.2) is 58.9 Å². The predicted octanol–water partition coefficient (Wildman–Crippen LogP) is -1.41. The number of amides is 1. The molecule has 112 valence electrons. The summed E-state index contributed by atoms with van der Waals surface area (Å²) < 4.78 is 5.40. The first-order valence-corrected chi connectivity index (χ1v) is 6.48. The molecule has 3 rings (SSSR count). The monoisotopic (exact) mass is 292 g/mol. The van der Waals surface area contributed by atoms with Crippen LogP contribution in [0.3, 0.4) is 0 Å². The van der Waals surface area contributed by atoms with Crippen molar-refractivity contribution in [2.24, 2.45) is 5.84 Å². The van der Waals surface area contributed by atoms with Gasteiger partial charge in [0.25, 0.3) is 0 Å². The number of nitrogens with two attached hydrogens (primary N) is 1. The standard InChI is InChI=1S/C11H16N8O2/c1-13-10(20)7-5-21-3-2-19(7)9-6-4-14-18-8(6)15-11(16-9)17-12/h4,7H,2-3,5,12H2,1H3,(H,13,20)(H2,14,15,16,17,18). The van der Waals surface area contributed by atoms with Gasteiger partial charge in [-0.15, -0.1) is 0 Å². The molecule has 1 aliphatic heterocycles. The normalized spacial score (nSPS) is 18.8. The molecule has 0 bridgehead atoms. The van der Waals surface area contributed by atoms with Crippen LogP contribution in [0, 0.1) is 0 Å². The highest BCUT2D eigenvalue weighted by molar-refractivity contribution is 5.92. The Kier molecular flexibility index (Phi) is 3.54. The van der Waals surface area contributed by atoms with Gasteiger partial charge >= 0.3 is 0 Å². The number of H-pyrrole nitrogens is 1. The fourth-order valence-electron chi connectivity index (χ4n) is 2.34. The number of nitrogen functional groups attached to an aromatic ring is 1. The first-order chi connectivity index (χ1) is 10.2. The second kappa shape index (κ2) is 5.50. The van der Waals surface area contributed by atoms with Crippen LogP contribution < -0.4 is 21.5 Å². The summed E-state index contributed by atoms with van der Waals surface area (Å²) in [5.74, 6) is 6.11. The molecule has 5 N–H and O–H groups in total. The van der Waals surface area contributed by atoms with E-state index in [1.165, 1.54) is 0 Å². The van der Waals surface area contributed by atoms with Crippen LogP contribution in [0.1, 0.15) is 0 Å². The van der Waals surface area contributed by atoms with Crippen LogP contribution in [0.25, 0.3) is 11.0 Å². The van der Waals surface area contributed by atoms with Gasteiger partial charge < -0.3 is 15.0 Å². The van der Waals surface area contributed by atoms with Crippen LogP contribution in [0.15, 0.2) is 6.20 Å². The van der Waals surface area contributed by atoms with E-state index in [1.807, 2.05) is 4.90 Å². The van der Waals surface area contributed by atoms with Crippen LogP contribution in [0.2, 0.25) is 0 Å². The number of carbonyl (C=O) groups is 1. The van der Waals surface area contributed by atoms with Crippen LogP contribution in [0.4, 0.5) is 11.8 Å². The molecule has 2 aromatic heterocycles. The Morgan fingerprint density at radius 2 is 2.43 bits per heavy atom. The number of nitrogens with zero attached hydrogens (tertiary/aromatic N) is 4. The van der Waals surface area contributed by atoms with Crippen molar-refractivity contribution in [3.8, 4) is 0 Å². The summed E-state index contributed by atoms with van der Waals surface area (Å²) in [6, 6.07) is -0.456. The molecule has 3 heterocycles. The van der Waals surface area contributed by atoms with Gasteiger partial charge in [0.1, 0.15) is 11.9 Å². The molecular weight excluding hydrogens is 276 g/mol. The zero-order chi connectivity index (χ0) is 14.8. The number of aromatic amines is 1. The largest absolute Gasteiger partial charge is 0.377 e. The second-order valence-electron chi connectivity index (χ2n) is 4.55. The Balaban J connectivity index is 2.08. The van der Waals surface area contributed by atoms with Crippen LogP contribution in [0.5, 0.6) is 0 Å². The number of aromatic nitrogens is 4. The van der Waals surface area contributed by atoms with Gasteiger partial charge in [-0.25, -0.2) is 5.84 Å². The zero-order valence-electron chi connectivity index (χ0n) is 11.5. The van der Waals surface area contributed by atoms with Crippen molar-refractivity contribution < 1.29 is 9.53 Å². The first-order valence-electron chi connectivity index (χ1n) is 6.48. The average molecular weight is 292 g/mol. The van der Waals surface area contributed by atoms with Crippen molar-refractivity contribution >= 4 is 28.7 Å². The van der Waals surface area contributed by atoms with Gasteiger partial charge in [0.2, 0.25) is 11.9 Å². The third-order valence-electron chi connectivity index (χ3n) is 3.37. The molecule has 1 aliphatic rings. The number of ether oxygens (including phenoxy) is 1. The van der Waals surface area contributed by atoms with Gasteiger partial charge in [0, 0.05) is 13.6 Å². The fourth-order valence-corrected chi connectivity index (χ4v) is 2.34. The molecule has 1 saturated heterocycles. The number of hydrogen-bond donors (Lipinski definition) is 4. The van der Waals surface area contributed by atoms with Crippen molar-refractivity contribution in [1.29, 1.82) is 0 Å². The second-order valence-corrected chi connectivity index (χ2v) is 4.55. The molecule has 0 saturated carbocycles. The predicted molar refractivity (Wildman–Crippen MR) is 75.5 cm³/mol. The lowest BCUT2D eigenvalue weighted by Crippen LogP contribution is -2.53. The molecule has 0 radical (unpaired) electrons. The van der Waals surface area contributed by atoms with Crippen molar-refractivity contribution in [3.05, 3.63) is 6.20 Å². The molecule has 0 aliphatic carbocycles. The van der Waals surface area contributed by atoms with E-state index >= 15 is 0 Å². The fraction of sp³-hybridized carbons (Fsp3) is 0.455. The average Bonchev–Trinajstić information content (AvgIpc) is 3.01. The van der Waals surface area contributed by atoms with Crippen molar-refractivity contribution in [3.63, 3.8) is 0 Å². The van der Waals surface area contributed by atoms with Crippen molar-refractivity contribution in [1.82, 2.24) is 25.5 Å². The number of hydrogen-bond acceptors (Lipinski definition) is 8. The summed E-state index contributed by atoms with van der Waals surface area (Å²) in [5.41, 5.74) is 2.97. The smallest absolute Gasteiger partial charge is 0.244 e. The number of hydrazine groups is 1. The number of rotatable bonds is 3. The van der Waals surface area contributed by atoms with Crippen LogP contribution in [-0.2, 0) is 9.53 Å². The van der Waals surface area contributed by atoms with Gasteiger partial charge in [-0.1, -0.05) is 0 Å². The Morgan fingerprint density at radius 1 is 1.57 bits per heavy atom. The molecule has 1 amide bonds. The van der Waals surface area contributed by atoms with Crippen LogP contribution >= 0.6 is 0 Å². The topological polar surface area (TPSA) is 134 Å². The minimum Gasteiger partial charge on any atom is -0.377 e. The van der Waals surface area contributed by atoms with E-state index in [1.54, 1.807) is 13.2 Å². The Bertz CT molecular complexity index is 657. The number of likely N-dealkylation sites (N-methyl/N-ethyl adjacent to an activating group) is 1. The molecule has 10 heteroatoms. The van der Waals surface area contributed by atoms with Gasteiger partial charge in [-0.3, -0.25) is 15.3 Å². The minimum absolute atomic E-state index is 0.132. The summed E-state index contributed by atoms with van der Waals surface area (Å²) >= 11 is 0. The van der Waals surface area contributed by atoms with Gasteiger partial charge in [-0.2, -0.15) is 15.1 Å². The number of carbonyl (C=O) groups excluding carboxylic acids is 1. The maximum absolute atomic E-state index is 12.0. The third-order valence-corrected chi connectivity index (χ3v) is 3.37. The Labute approximate surface area is 120 Å². The summed E-state index contributed by atoms with van der Waals surface area (Å²) in [6.07, 6.45) is 1.63. The molecular formula is C11H16N8O2. The maximum Gasteiger partial charge on any atom is 0.244 e. The quantitative estimate of drug-likeness (QED) is 0.400. The van der Waals surface area contributed by atoms with Crippen molar-refractivity contribution in [2.75, 3.05) is 37.1 Å². The molecule has 1 fully saturated rings. The number of anilines is 2. The van der Waals surface area contributed by atoms with E-state index in [-0.39, 0.29) is 11.9 Å². The summed E-state index contributed by atoms with van der Waals surface area (Å²) in [7, 11) is 1.59. The van der Waals surface area contributed by atoms with Crippen molar-refractivity contribution in [2.45, 2.75) is 6.04 Å². The van der Waals surface area contributed by atoms with Gasteiger partial charge in [0.15, 0.2) is 5.65 Å². The van der Waals surface area contributed by atoms with E-state index < -0.39 is 6.04 Å². The summed E-state index contributed by atoms with van der Waals surface area (Å²) in [4.78, 5) is 22.5. The summed E-state index contributed by atoms with van der Waals surface area (Å²) in [6.45, 7) is 1.36. The minimum atomic E-state index is -0.456. The van der Waals surface area contributed by atoms with E-state index in [9.17, 15) is 4.79 Å². The Hall–Kier alpha value is -2.46. The molecule has 0 spiro atoms. The number of fused-ring (bicyclic) bond motifs is 1. The first kappa shape index (κ1) is 13.5. The Morgan fingerprint density at radius 3 is 3.19 bits per heavy atom. The highest BCUT2D eigenvalue weighted by Gasteiger charge is 2.31. The van der Waals surface area contributed by atoms with Gasteiger partial charge in [0.05, 0.1) is 24.8 Å². The highest BCUT2D eigenvalue weighted by atomic mass is 16.5. The van der Waals surface area contributed by atoms with E-state index in [0.717, 1.165) is 5.39 Å². The third kappa shape index (κ3) is 2.34.